The number of esters is 1. The van der Waals surface area contributed by atoms with Crippen LogP contribution >= 0.6 is 11.8 Å². The van der Waals surface area contributed by atoms with Gasteiger partial charge in [0.2, 0.25) is 11.1 Å². The van der Waals surface area contributed by atoms with Gasteiger partial charge in [0.05, 0.1) is 12.9 Å². The number of methoxy groups -OCH3 is 1. The summed E-state index contributed by atoms with van der Waals surface area (Å²) in [5.74, 6) is 5.07. The van der Waals surface area contributed by atoms with E-state index in [1.807, 2.05) is 13.8 Å². The lowest BCUT2D eigenvalue weighted by atomic mass is 9.99. The number of rotatable bonds is 8. The molecule has 10 heteroatoms. The number of hydrogen-bond acceptors (Lipinski definition) is 7. The third kappa shape index (κ3) is 5.19. The van der Waals surface area contributed by atoms with E-state index >= 15 is 0 Å². The highest BCUT2D eigenvalue weighted by Gasteiger charge is 2.26. The van der Waals surface area contributed by atoms with Crippen molar-refractivity contribution in [1.29, 1.82) is 0 Å². The number of carbonyl (C=O) groups excluding carboxylic acids is 2. The van der Waals surface area contributed by atoms with Gasteiger partial charge in [0.1, 0.15) is 11.9 Å². The second-order valence-electron chi connectivity index (χ2n) is 5.93. The molecular weight excluding hydrogens is 373 g/mol. The van der Waals surface area contributed by atoms with Gasteiger partial charge >= 0.3 is 5.97 Å². The normalized spacial score (nSPS) is 13.0. The summed E-state index contributed by atoms with van der Waals surface area (Å²) in [6.45, 7) is 3.79. The van der Waals surface area contributed by atoms with Crippen molar-refractivity contribution in [3.8, 4) is 11.4 Å². The molecule has 0 radical (unpaired) electrons. The first kappa shape index (κ1) is 20.7. The Labute approximate surface area is 160 Å². The highest BCUT2D eigenvalue weighted by atomic mass is 32.2. The van der Waals surface area contributed by atoms with Gasteiger partial charge in [-0.3, -0.25) is 4.79 Å². The van der Waals surface area contributed by atoms with Crippen LogP contribution in [0.4, 0.5) is 4.39 Å². The number of amides is 1. The quantitative estimate of drug-likeness (QED) is 0.396. The van der Waals surface area contributed by atoms with Crippen LogP contribution < -0.4 is 11.2 Å². The zero-order valence-electron chi connectivity index (χ0n) is 15.3. The van der Waals surface area contributed by atoms with Crippen molar-refractivity contribution in [3.63, 3.8) is 0 Å². The number of thioether (sulfide) groups is 1. The molecule has 8 nitrogen and oxygen atoms in total. The molecule has 0 bridgehead atoms. The minimum Gasteiger partial charge on any atom is -0.467 e. The van der Waals surface area contributed by atoms with E-state index in [1.54, 1.807) is 0 Å². The van der Waals surface area contributed by atoms with E-state index in [0.717, 1.165) is 11.8 Å². The number of aromatic nitrogens is 3. The third-order valence-corrected chi connectivity index (χ3v) is 5.03. The zero-order chi connectivity index (χ0) is 20.0. The van der Waals surface area contributed by atoms with Gasteiger partial charge in [-0.1, -0.05) is 32.0 Å². The maximum Gasteiger partial charge on any atom is 0.328 e. The molecule has 1 aromatic heterocycles. The van der Waals surface area contributed by atoms with Crippen LogP contribution in [0, 0.1) is 11.7 Å². The first-order chi connectivity index (χ1) is 12.9. The largest absolute Gasteiger partial charge is 0.467 e. The predicted octanol–water partition coefficient (Wildman–Crippen LogP) is 1.59. The van der Waals surface area contributed by atoms with E-state index in [-0.39, 0.29) is 23.4 Å². The van der Waals surface area contributed by atoms with Crippen LogP contribution in [0.5, 0.6) is 0 Å². The van der Waals surface area contributed by atoms with E-state index in [4.69, 9.17) is 10.6 Å². The highest BCUT2D eigenvalue weighted by molar-refractivity contribution is 7.99. The van der Waals surface area contributed by atoms with Crippen LogP contribution in [0.3, 0.4) is 0 Å². The van der Waals surface area contributed by atoms with Gasteiger partial charge in [-0.15, -0.1) is 10.2 Å². The fraction of sp³-hybridized carbons (Fsp3) is 0.412. The summed E-state index contributed by atoms with van der Waals surface area (Å²) < 4.78 is 19.0. The molecule has 0 aliphatic carbocycles. The zero-order valence-corrected chi connectivity index (χ0v) is 16.1. The lowest BCUT2D eigenvalue weighted by Gasteiger charge is -2.21. The standard InChI is InChI=1S/C17H22FN5O3S/c1-4-10(2)14(16(25)26-3)20-13(24)9-27-17-22-21-15(23(17)19)11-5-7-12(18)8-6-11/h5-8,10,14H,4,9,19H2,1-3H3,(H,20,24)/t10-,14+/m1/s1. The first-order valence-corrected chi connectivity index (χ1v) is 9.32. The monoisotopic (exact) mass is 395 g/mol. The molecular formula is C17H22FN5O3S. The maximum atomic E-state index is 13.0. The van der Waals surface area contributed by atoms with E-state index in [0.29, 0.717) is 23.0 Å². The average Bonchev–Trinajstić information content (AvgIpc) is 3.04. The third-order valence-electron chi connectivity index (χ3n) is 4.08. The Morgan fingerprint density at radius 1 is 1.33 bits per heavy atom. The van der Waals surface area contributed by atoms with E-state index in [1.165, 1.54) is 36.1 Å². The molecule has 0 unspecified atom stereocenters. The van der Waals surface area contributed by atoms with E-state index in [9.17, 15) is 14.0 Å². The van der Waals surface area contributed by atoms with Gasteiger partial charge in [-0.25, -0.2) is 13.9 Å². The molecule has 1 amide bonds. The van der Waals surface area contributed by atoms with Crippen molar-refractivity contribution in [2.24, 2.45) is 5.92 Å². The number of nitrogens with zero attached hydrogens (tertiary/aromatic N) is 3. The van der Waals surface area contributed by atoms with Gasteiger partial charge in [0.25, 0.3) is 0 Å². The Balaban J connectivity index is 2.01. The first-order valence-electron chi connectivity index (χ1n) is 8.33. The molecule has 0 spiro atoms. The predicted molar refractivity (Wildman–Crippen MR) is 99.7 cm³/mol. The molecule has 3 N–H and O–H groups in total. The number of nitrogens with two attached hydrogens (primary N) is 1. The molecule has 2 atom stereocenters. The number of benzene rings is 1. The number of halogens is 1. The van der Waals surface area contributed by atoms with Crippen molar-refractivity contribution in [3.05, 3.63) is 30.1 Å². The molecule has 0 aliphatic heterocycles. The van der Waals surface area contributed by atoms with Crippen molar-refractivity contribution in [1.82, 2.24) is 20.2 Å². The molecule has 0 aliphatic rings. The molecule has 27 heavy (non-hydrogen) atoms. The molecule has 1 heterocycles. The Hall–Kier alpha value is -2.62. The minimum absolute atomic E-state index is 0.00266. The lowest BCUT2D eigenvalue weighted by molar-refractivity contribution is -0.146. The molecule has 0 fully saturated rings. The highest BCUT2D eigenvalue weighted by Crippen LogP contribution is 2.21. The fourth-order valence-corrected chi connectivity index (χ4v) is 2.98. The molecule has 0 saturated carbocycles. The van der Waals surface area contributed by atoms with Crippen LogP contribution in [-0.4, -0.2) is 45.7 Å². The number of nitrogens with one attached hydrogen (secondary N) is 1. The lowest BCUT2D eigenvalue weighted by Crippen LogP contribution is -2.46. The van der Waals surface area contributed by atoms with Gasteiger partial charge in [0.15, 0.2) is 5.82 Å². The van der Waals surface area contributed by atoms with Gasteiger partial charge in [0, 0.05) is 5.56 Å². The smallest absolute Gasteiger partial charge is 0.328 e. The van der Waals surface area contributed by atoms with E-state index in [2.05, 4.69) is 15.5 Å². The number of hydrogen-bond donors (Lipinski definition) is 2. The Morgan fingerprint density at radius 2 is 2.00 bits per heavy atom. The van der Waals surface area contributed by atoms with Crippen molar-refractivity contribution in [2.75, 3.05) is 18.7 Å². The van der Waals surface area contributed by atoms with Crippen LogP contribution in [0.2, 0.25) is 0 Å². The number of nitrogen functional groups attached to an aromatic ring is 1. The van der Waals surface area contributed by atoms with E-state index < -0.39 is 12.0 Å². The summed E-state index contributed by atoms with van der Waals surface area (Å²) in [5, 5.41) is 10.9. The Bertz CT molecular complexity index is 796. The topological polar surface area (TPSA) is 112 Å². The van der Waals surface area contributed by atoms with Crippen molar-refractivity contribution >= 4 is 23.6 Å². The molecule has 2 rings (SSSR count). The van der Waals surface area contributed by atoms with Gasteiger partial charge in [-0.05, 0) is 30.2 Å². The fourth-order valence-electron chi connectivity index (χ4n) is 2.31. The van der Waals surface area contributed by atoms with Crippen LogP contribution in [-0.2, 0) is 14.3 Å². The second-order valence-corrected chi connectivity index (χ2v) is 6.87. The number of carbonyl (C=O) groups is 2. The summed E-state index contributed by atoms with van der Waals surface area (Å²) in [5.41, 5.74) is 0.602. The van der Waals surface area contributed by atoms with Gasteiger partial charge in [-0.2, -0.15) is 0 Å². The molecule has 2 aromatic rings. The van der Waals surface area contributed by atoms with Crippen LogP contribution in [0.25, 0.3) is 11.4 Å². The Kier molecular flexibility index (Phi) is 7.17. The SMILES string of the molecule is CC[C@@H](C)[C@H](NC(=O)CSc1nnc(-c2ccc(F)cc2)n1N)C(=O)OC. The maximum absolute atomic E-state index is 13.0. The summed E-state index contributed by atoms with van der Waals surface area (Å²) in [6, 6.07) is 4.96. The number of ether oxygens (including phenoxy) is 1. The summed E-state index contributed by atoms with van der Waals surface area (Å²) >= 11 is 1.08. The summed E-state index contributed by atoms with van der Waals surface area (Å²) in [4.78, 5) is 24.1. The van der Waals surface area contributed by atoms with Gasteiger partial charge < -0.3 is 15.9 Å². The summed E-state index contributed by atoms with van der Waals surface area (Å²) in [6.07, 6.45) is 0.714. The molecule has 146 valence electrons. The molecule has 0 saturated heterocycles. The van der Waals surface area contributed by atoms with Crippen molar-refractivity contribution < 1.29 is 18.7 Å². The minimum atomic E-state index is -0.710. The Morgan fingerprint density at radius 3 is 2.59 bits per heavy atom. The summed E-state index contributed by atoms with van der Waals surface area (Å²) in [7, 11) is 1.28. The average molecular weight is 395 g/mol. The van der Waals surface area contributed by atoms with Crippen molar-refractivity contribution in [2.45, 2.75) is 31.5 Å². The van der Waals surface area contributed by atoms with Crippen LogP contribution in [0.1, 0.15) is 20.3 Å². The molecule has 1 aromatic carbocycles. The van der Waals surface area contributed by atoms with Crippen LogP contribution in [0.15, 0.2) is 29.4 Å². The second kappa shape index (κ2) is 9.36.